The summed E-state index contributed by atoms with van der Waals surface area (Å²) in [6.45, 7) is 8.26. The third-order valence-electron chi connectivity index (χ3n) is 4.38. The van der Waals surface area contributed by atoms with E-state index in [1.165, 1.54) is 23.1 Å². The number of rotatable bonds is 8. The van der Waals surface area contributed by atoms with Crippen molar-refractivity contribution in [2.45, 2.75) is 45.4 Å². The van der Waals surface area contributed by atoms with E-state index in [-0.39, 0.29) is 23.6 Å². The van der Waals surface area contributed by atoms with Crippen molar-refractivity contribution in [1.29, 1.82) is 0 Å². The molecule has 0 aliphatic heterocycles. The molecule has 30 heavy (non-hydrogen) atoms. The quantitative estimate of drug-likeness (QED) is 0.515. The molecule has 10 heteroatoms. The second kappa shape index (κ2) is 9.86. The molecule has 1 aromatic carbocycles. The molecule has 3 aromatic rings. The number of nitrogens with zero attached hydrogens (tertiary/aromatic N) is 4. The van der Waals surface area contributed by atoms with E-state index < -0.39 is 0 Å². The van der Waals surface area contributed by atoms with Gasteiger partial charge in [-0.05, 0) is 39.3 Å². The van der Waals surface area contributed by atoms with Crippen LogP contribution in [0.1, 0.15) is 47.3 Å². The van der Waals surface area contributed by atoms with E-state index in [1.54, 1.807) is 6.07 Å². The second-order valence-corrected chi connectivity index (χ2v) is 8.53. The third-order valence-corrected chi connectivity index (χ3v) is 6.23. The van der Waals surface area contributed by atoms with Gasteiger partial charge in [0.2, 0.25) is 5.91 Å². The predicted octanol–water partition coefficient (Wildman–Crippen LogP) is 3.59. The number of thioether (sulfide) groups is 1. The minimum atomic E-state index is -0.328. The van der Waals surface area contributed by atoms with Crippen LogP contribution in [0.4, 0.5) is 5.13 Å². The van der Waals surface area contributed by atoms with Gasteiger partial charge in [0.25, 0.3) is 5.91 Å². The maximum absolute atomic E-state index is 12.6. The number of amides is 2. The molecule has 0 bridgehead atoms. The normalized spacial score (nSPS) is 11.9. The number of aromatic nitrogens is 4. The number of hydrogen-bond acceptors (Lipinski definition) is 7. The Morgan fingerprint density at radius 1 is 1.23 bits per heavy atom. The molecule has 158 valence electrons. The molecular weight excluding hydrogens is 420 g/mol. The number of aryl methyl sites for hydroxylation is 2. The highest BCUT2D eigenvalue weighted by molar-refractivity contribution is 7.99. The van der Waals surface area contributed by atoms with Crippen LogP contribution in [-0.2, 0) is 11.3 Å². The number of hydrogen-bond donors (Lipinski definition) is 2. The largest absolute Gasteiger partial charge is 0.342 e. The fourth-order valence-corrected chi connectivity index (χ4v) is 4.40. The standard InChI is InChI=1S/C20H24N6O2S2/c1-5-26-17(14(4)22-18(28)15-9-7-6-8-12(15)2)24-25-20(26)30-11-16(27)23-19-21-13(3)10-29-19/h6-10,14H,5,11H2,1-4H3,(H,22,28)(H,21,23,27). The summed E-state index contributed by atoms with van der Waals surface area (Å²) in [6.07, 6.45) is 0. The molecule has 3 rings (SSSR count). The Morgan fingerprint density at radius 3 is 2.67 bits per heavy atom. The molecule has 0 aliphatic carbocycles. The lowest BCUT2D eigenvalue weighted by Crippen LogP contribution is -2.29. The Kier molecular flexibility index (Phi) is 7.22. The van der Waals surface area contributed by atoms with Gasteiger partial charge in [0.1, 0.15) is 0 Å². The van der Waals surface area contributed by atoms with Crippen molar-refractivity contribution in [3.8, 4) is 0 Å². The van der Waals surface area contributed by atoms with Crippen molar-refractivity contribution in [3.63, 3.8) is 0 Å². The molecule has 2 heterocycles. The van der Waals surface area contributed by atoms with Crippen molar-refractivity contribution in [2.24, 2.45) is 0 Å². The average molecular weight is 445 g/mol. The summed E-state index contributed by atoms with van der Waals surface area (Å²) in [6, 6.07) is 7.12. The molecule has 1 unspecified atom stereocenters. The van der Waals surface area contributed by atoms with Crippen LogP contribution in [0.5, 0.6) is 0 Å². The van der Waals surface area contributed by atoms with Gasteiger partial charge < -0.3 is 15.2 Å². The first-order valence-electron chi connectivity index (χ1n) is 9.53. The molecular formula is C20H24N6O2S2. The van der Waals surface area contributed by atoms with Gasteiger partial charge in [-0.15, -0.1) is 21.5 Å². The van der Waals surface area contributed by atoms with Crippen LogP contribution in [0.25, 0.3) is 0 Å². The molecule has 1 atom stereocenters. The first kappa shape index (κ1) is 22.0. The van der Waals surface area contributed by atoms with Gasteiger partial charge in [-0.2, -0.15) is 0 Å². The van der Waals surface area contributed by atoms with Crippen LogP contribution in [0.2, 0.25) is 0 Å². The molecule has 2 aromatic heterocycles. The van der Waals surface area contributed by atoms with Crippen LogP contribution < -0.4 is 10.6 Å². The average Bonchev–Trinajstić information content (AvgIpc) is 3.32. The van der Waals surface area contributed by atoms with E-state index in [0.29, 0.717) is 28.2 Å². The number of thiazole rings is 1. The fraction of sp³-hybridized carbons (Fsp3) is 0.350. The Morgan fingerprint density at radius 2 is 2.00 bits per heavy atom. The van der Waals surface area contributed by atoms with Crippen molar-refractivity contribution in [2.75, 3.05) is 11.1 Å². The number of anilines is 1. The fourth-order valence-electron chi connectivity index (χ4n) is 2.89. The summed E-state index contributed by atoms with van der Waals surface area (Å²) in [7, 11) is 0. The van der Waals surface area contributed by atoms with E-state index in [1.807, 2.05) is 55.8 Å². The Hall–Kier alpha value is -2.72. The zero-order valence-corrected chi connectivity index (χ0v) is 18.9. The van der Waals surface area contributed by atoms with Gasteiger partial charge in [0, 0.05) is 17.5 Å². The number of nitrogens with one attached hydrogen (secondary N) is 2. The Balaban J connectivity index is 1.63. The molecule has 2 N–H and O–H groups in total. The first-order valence-corrected chi connectivity index (χ1v) is 11.4. The molecule has 0 aliphatic rings. The van der Waals surface area contributed by atoms with Crippen LogP contribution in [0, 0.1) is 13.8 Å². The maximum atomic E-state index is 12.6. The molecule has 8 nitrogen and oxygen atoms in total. The molecule has 0 spiro atoms. The van der Waals surface area contributed by atoms with Gasteiger partial charge in [0.15, 0.2) is 16.1 Å². The maximum Gasteiger partial charge on any atom is 0.252 e. The van der Waals surface area contributed by atoms with Crippen LogP contribution in [0.15, 0.2) is 34.8 Å². The summed E-state index contributed by atoms with van der Waals surface area (Å²) in [5, 5.41) is 17.3. The van der Waals surface area contributed by atoms with Crippen LogP contribution >= 0.6 is 23.1 Å². The second-order valence-electron chi connectivity index (χ2n) is 6.73. The van der Waals surface area contributed by atoms with E-state index in [0.717, 1.165) is 11.3 Å². The number of carbonyl (C=O) groups is 2. The number of carbonyl (C=O) groups excluding carboxylic acids is 2. The summed E-state index contributed by atoms with van der Waals surface area (Å²) in [5.74, 6) is 0.541. The summed E-state index contributed by atoms with van der Waals surface area (Å²) in [5.41, 5.74) is 2.42. The lowest BCUT2D eigenvalue weighted by Gasteiger charge is -2.16. The summed E-state index contributed by atoms with van der Waals surface area (Å²) in [4.78, 5) is 29.0. The molecule has 0 saturated heterocycles. The zero-order valence-electron chi connectivity index (χ0n) is 17.3. The smallest absolute Gasteiger partial charge is 0.252 e. The molecule has 0 radical (unpaired) electrons. The molecule has 2 amide bonds. The van der Waals surface area contributed by atoms with E-state index >= 15 is 0 Å². The highest BCUT2D eigenvalue weighted by Gasteiger charge is 2.20. The highest BCUT2D eigenvalue weighted by atomic mass is 32.2. The minimum Gasteiger partial charge on any atom is -0.342 e. The van der Waals surface area contributed by atoms with Crippen molar-refractivity contribution in [3.05, 3.63) is 52.3 Å². The van der Waals surface area contributed by atoms with Crippen molar-refractivity contribution < 1.29 is 9.59 Å². The van der Waals surface area contributed by atoms with Crippen LogP contribution in [0.3, 0.4) is 0 Å². The summed E-state index contributed by atoms with van der Waals surface area (Å²) >= 11 is 2.70. The van der Waals surface area contributed by atoms with Gasteiger partial charge in [-0.25, -0.2) is 4.98 Å². The van der Waals surface area contributed by atoms with Gasteiger partial charge in [-0.3, -0.25) is 9.59 Å². The van der Waals surface area contributed by atoms with Crippen LogP contribution in [-0.4, -0.2) is 37.3 Å². The lowest BCUT2D eigenvalue weighted by atomic mass is 10.1. The number of benzene rings is 1. The van der Waals surface area contributed by atoms with E-state index in [9.17, 15) is 9.59 Å². The van der Waals surface area contributed by atoms with Gasteiger partial charge in [-0.1, -0.05) is 30.0 Å². The summed E-state index contributed by atoms with van der Waals surface area (Å²) < 4.78 is 1.91. The van der Waals surface area contributed by atoms with Gasteiger partial charge in [0.05, 0.1) is 17.5 Å². The first-order chi connectivity index (χ1) is 14.4. The Bertz CT molecular complexity index is 1050. The van der Waals surface area contributed by atoms with Crippen molar-refractivity contribution >= 4 is 40.0 Å². The van der Waals surface area contributed by atoms with Gasteiger partial charge >= 0.3 is 0 Å². The van der Waals surface area contributed by atoms with Crippen molar-refractivity contribution in [1.82, 2.24) is 25.1 Å². The van der Waals surface area contributed by atoms with E-state index in [4.69, 9.17) is 0 Å². The Labute approximate surface area is 183 Å². The van der Waals surface area contributed by atoms with E-state index in [2.05, 4.69) is 25.8 Å². The SMILES string of the molecule is CCn1c(SCC(=O)Nc2nc(C)cs2)nnc1C(C)NC(=O)c1ccccc1C. The monoisotopic (exact) mass is 444 g/mol. The topological polar surface area (TPSA) is 102 Å². The zero-order chi connectivity index (χ0) is 21.7. The molecule has 0 fully saturated rings. The molecule has 0 saturated carbocycles. The third kappa shape index (κ3) is 5.25. The lowest BCUT2D eigenvalue weighted by molar-refractivity contribution is -0.113. The minimum absolute atomic E-state index is 0.151. The highest BCUT2D eigenvalue weighted by Crippen LogP contribution is 2.22. The predicted molar refractivity (Wildman–Crippen MR) is 119 cm³/mol.